The lowest BCUT2D eigenvalue weighted by atomic mass is 10.1. The van der Waals surface area contributed by atoms with E-state index in [0.29, 0.717) is 31.2 Å². The van der Waals surface area contributed by atoms with Gasteiger partial charge in [-0.1, -0.05) is 12.1 Å². The van der Waals surface area contributed by atoms with E-state index in [-0.39, 0.29) is 11.5 Å². The molecular formula is C19H19FN4O3. The lowest BCUT2D eigenvalue weighted by Crippen LogP contribution is -2.41. The Kier molecular flexibility index (Phi) is 4.07. The van der Waals surface area contributed by atoms with Gasteiger partial charge in [-0.3, -0.25) is 9.36 Å². The predicted octanol–water partition coefficient (Wildman–Crippen LogP) is 2.27. The fourth-order valence-electron chi connectivity index (χ4n) is 3.22. The van der Waals surface area contributed by atoms with Gasteiger partial charge in [-0.25, -0.2) is 14.4 Å². The minimum Gasteiger partial charge on any atom is -0.501 e. The van der Waals surface area contributed by atoms with Crippen molar-refractivity contribution in [2.45, 2.75) is 32.5 Å². The van der Waals surface area contributed by atoms with Crippen molar-refractivity contribution in [1.82, 2.24) is 19.1 Å². The van der Waals surface area contributed by atoms with Crippen LogP contribution in [0.5, 0.6) is 5.75 Å². The van der Waals surface area contributed by atoms with Crippen molar-refractivity contribution < 1.29 is 14.2 Å². The number of rotatable bonds is 3. The molecule has 140 valence electrons. The summed E-state index contributed by atoms with van der Waals surface area (Å²) < 4.78 is 22.0. The van der Waals surface area contributed by atoms with Crippen LogP contribution in [0.4, 0.5) is 4.39 Å². The second-order valence-electron chi connectivity index (χ2n) is 7.01. The first-order valence-corrected chi connectivity index (χ1v) is 8.60. The molecule has 0 saturated carbocycles. The van der Waals surface area contributed by atoms with Crippen molar-refractivity contribution in [1.29, 1.82) is 0 Å². The molecule has 0 unspecified atom stereocenters. The number of ether oxygens (including phenoxy) is 1. The highest BCUT2D eigenvalue weighted by Crippen LogP contribution is 2.30. The quantitative estimate of drug-likeness (QED) is 0.765. The van der Waals surface area contributed by atoms with Crippen molar-refractivity contribution in [3.05, 3.63) is 64.3 Å². The number of imidazole rings is 1. The third-order valence-corrected chi connectivity index (χ3v) is 4.62. The van der Waals surface area contributed by atoms with Crippen LogP contribution >= 0.6 is 0 Å². The fraction of sp³-hybridized carbons (Fsp3) is 0.316. The van der Waals surface area contributed by atoms with Gasteiger partial charge < -0.3 is 14.4 Å². The minimum absolute atomic E-state index is 0.127. The van der Waals surface area contributed by atoms with E-state index in [9.17, 15) is 14.3 Å². The zero-order chi connectivity index (χ0) is 19.2. The zero-order valence-electron chi connectivity index (χ0n) is 15.0. The molecule has 8 heteroatoms. The first-order valence-electron chi connectivity index (χ1n) is 8.60. The van der Waals surface area contributed by atoms with Crippen molar-refractivity contribution in [3.8, 4) is 17.1 Å². The summed E-state index contributed by atoms with van der Waals surface area (Å²) in [4.78, 5) is 21.3. The molecule has 1 aromatic carbocycles. The number of nitrogens with zero attached hydrogens (tertiary/aromatic N) is 4. The van der Waals surface area contributed by atoms with Crippen molar-refractivity contribution in [2.24, 2.45) is 0 Å². The summed E-state index contributed by atoms with van der Waals surface area (Å²) in [6.07, 6.45) is 3.27. The minimum atomic E-state index is -0.740. The van der Waals surface area contributed by atoms with Crippen LogP contribution in [0.3, 0.4) is 0 Å². The molecule has 4 rings (SSSR count). The Balaban J connectivity index is 1.72. The van der Waals surface area contributed by atoms with Gasteiger partial charge in [-0.15, -0.1) is 0 Å². The SMILES string of the molecule is CC1(C)OCCn2c1nc(-c1cn(Cc3ccc(F)cc3)cn1)c(O)c2=O. The van der Waals surface area contributed by atoms with Crippen molar-refractivity contribution >= 4 is 0 Å². The number of fused-ring (bicyclic) bond motifs is 1. The van der Waals surface area contributed by atoms with E-state index in [1.54, 1.807) is 29.2 Å². The van der Waals surface area contributed by atoms with E-state index in [1.165, 1.54) is 16.7 Å². The molecule has 0 radical (unpaired) electrons. The average Bonchev–Trinajstić information content (AvgIpc) is 3.08. The molecule has 7 nitrogen and oxygen atoms in total. The van der Waals surface area contributed by atoms with E-state index in [2.05, 4.69) is 9.97 Å². The lowest BCUT2D eigenvalue weighted by molar-refractivity contribution is -0.0564. The Morgan fingerprint density at radius 1 is 1.30 bits per heavy atom. The number of aromatic hydroxyl groups is 1. The van der Waals surface area contributed by atoms with Crippen molar-refractivity contribution in [2.75, 3.05) is 6.61 Å². The van der Waals surface area contributed by atoms with Gasteiger partial charge in [0, 0.05) is 12.7 Å². The number of halogens is 1. The Morgan fingerprint density at radius 3 is 2.78 bits per heavy atom. The van der Waals surface area contributed by atoms with E-state index in [1.807, 2.05) is 13.8 Å². The highest BCUT2D eigenvalue weighted by atomic mass is 19.1. The summed E-state index contributed by atoms with van der Waals surface area (Å²) in [5, 5.41) is 10.4. The van der Waals surface area contributed by atoms with Gasteiger partial charge in [0.15, 0.2) is 0 Å². The predicted molar refractivity (Wildman–Crippen MR) is 95.9 cm³/mol. The standard InChI is InChI=1S/C19H19FN4O3/c1-19(2)18-22-15(16(25)17(26)24(18)7-8-27-19)14-10-23(11-21-14)9-12-3-5-13(20)6-4-12/h3-6,10-11,25H,7-9H2,1-2H3. The Morgan fingerprint density at radius 2 is 2.04 bits per heavy atom. The number of benzene rings is 1. The maximum absolute atomic E-state index is 13.0. The smallest absolute Gasteiger partial charge is 0.296 e. The molecule has 2 aromatic heterocycles. The molecule has 0 bridgehead atoms. The van der Waals surface area contributed by atoms with Crippen LogP contribution in [0.1, 0.15) is 25.2 Å². The summed E-state index contributed by atoms with van der Waals surface area (Å²) in [5.74, 6) is -0.262. The highest BCUT2D eigenvalue weighted by Gasteiger charge is 2.33. The van der Waals surface area contributed by atoms with Crippen LogP contribution < -0.4 is 5.56 Å². The van der Waals surface area contributed by atoms with Gasteiger partial charge in [-0.05, 0) is 31.5 Å². The van der Waals surface area contributed by atoms with Crippen LogP contribution in [0, 0.1) is 5.82 Å². The summed E-state index contributed by atoms with van der Waals surface area (Å²) in [6, 6.07) is 6.17. The van der Waals surface area contributed by atoms with Crippen LogP contribution in [-0.4, -0.2) is 30.8 Å². The number of hydrogen-bond acceptors (Lipinski definition) is 5. The topological polar surface area (TPSA) is 82.2 Å². The van der Waals surface area contributed by atoms with Crippen LogP contribution in [-0.2, 0) is 23.4 Å². The summed E-state index contributed by atoms with van der Waals surface area (Å²) >= 11 is 0. The summed E-state index contributed by atoms with van der Waals surface area (Å²) in [6.45, 7) is 4.87. The molecule has 0 saturated heterocycles. The lowest BCUT2D eigenvalue weighted by Gasteiger charge is -2.32. The molecule has 3 heterocycles. The van der Waals surface area contributed by atoms with E-state index in [4.69, 9.17) is 4.74 Å². The van der Waals surface area contributed by atoms with Crippen LogP contribution in [0.25, 0.3) is 11.4 Å². The fourth-order valence-corrected chi connectivity index (χ4v) is 3.22. The molecule has 1 aliphatic rings. The molecule has 0 atom stereocenters. The molecule has 0 spiro atoms. The normalized spacial score (nSPS) is 15.5. The second-order valence-corrected chi connectivity index (χ2v) is 7.01. The first kappa shape index (κ1) is 17.4. The van der Waals surface area contributed by atoms with E-state index < -0.39 is 16.9 Å². The van der Waals surface area contributed by atoms with Gasteiger partial charge in [0.1, 0.15) is 28.6 Å². The van der Waals surface area contributed by atoms with E-state index >= 15 is 0 Å². The van der Waals surface area contributed by atoms with Gasteiger partial charge in [0.25, 0.3) is 5.56 Å². The maximum atomic E-state index is 13.0. The Labute approximate surface area is 154 Å². The third kappa shape index (κ3) is 3.12. The Bertz CT molecular complexity index is 1050. The molecule has 0 aliphatic carbocycles. The van der Waals surface area contributed by atoms with Gasteiger partial charge in [-0.2, -0.15) is 0 Å². The van der Waals surface area contributed by atoms with Gasteiger partial charge in [0.05, 0.1) is 19.5 Å². The monoisotopic (exact) mass is 370 g/mol. The Hall–Kier alpha value is -3.00. The largest absolute Gasteiger partial charge is 0.501 e. The molecule has 27 heavy (non-hydrogen) atoms. The molecule has 0 amide bonds. The number of hydrogen-bond donors (Lipinski definition) is 1. The first-order chi connectivity index (χ1) is 12.8. The molecule has 0 fully saturated rings. The summed E-state index contributed by atoms with van der Waals surface area (Å²) in [5.41, 5.74) is 0.174. The second kappa shape index (κ2) is 6.31. The van der Waals surface area contributed by atoms with Gasteiger partial charge in [0.2, 0.25) is 5.75 Å². The molecule has 3 aromatic rings. The van der Waals surface area contributed by atoms with E-state index in [0.717, 1.165) is 5.56 Å². The maximum Gasteiger partial charge on any atom is 0.296 e. The van der Waals surface area contributed by atoms with Crippen molar-refractivity contribution in [3.63, 3.8) is 0 Å². The zero-order valence-corrected chi connectivity index (χ0v) is 15.0. The average molecular weight is 370 g/mol. The van der Waals surface area contributed by atoms with Crippen LogP contribution in [0.2, 0.25) is 0 Å². The molecule has 1 aliphatic heterocycles. The highest BCUT2D eigenvalue weighted by molar-refractivity contribution is 5.60. The molecular weight excluding hydrogens is 351 g/mol. The van der Waals surface area contributed by atoms with Gasteiger partial charge >= 0.3 is 0 Å². The molecule has 1 N–H and O–H groups in total. The summed E-state index contributed by atoms with van der Waals surface area (Å²) in [7, 11) is 0. The van der Waals surface area contributed by atoms with Crippen LogP contribution in [0.15, 0.2) is 41.6 Å². The third-order valence-electron chi connectivity index (χ3n) is 4.62. The number of aromatic nitrogens is 4.